The van der Waals surface area contributed by atoms with E-state index in [1.54, 1.807) is 17.1 Å². The van der Waals surface area contributed by atoms with Gasteiger partial charge in [0.15, 0.2) is 0 Å². The zero-order valence-corrected chi connectivity index (χ0v) is 11.9. The largest absolute Gasteiger partial charge is 0.380 e. The van der Waals surface area contributed by atoms with Gasteiger partial charge < -0.3 is 5.11 Å². The molecular formula is C16H16N4O. The SMILES string of the molecule is Cc1cnc(C(O)c2cnnn2-c2ccccc2)c(C)c1. The number of hydrogen-bond acceptors (Lipinski definition) is 4. The van der Waals surface area contributed by atoms with Gasteiger partial charge in [0.05, 0.1) is 23.3 Å². The number of aryl methyl sites for hydroxylation is 2. The van der Waals surface area contributed by atoms with Crippen molar-refractivity contribution in [2.45, 2.75) is 20.0 Å². The Labute approximate surface area is 122 Å². The molecule has 1 atom stereocenters. The maximum Gasteiger partial charge on any atom is 0.140 e. The second-order valence-electron chi connectivity index (χ2n) is 5.02. The second-order valence-corrected chi connectivity index (χ2v) is 5.02. The molecule has 5 nitrogen and oxygen atoms in total. The fraction of sp³-hybridized carbons (Fsp3) is 0.188. The Morgan fingerprint density at radius 3 is 2.57 bits per heavy atom. The summed E-state index contributed by atoms with van der Waals surface area (Å²) in [6.45, 7) is 3.92. The number of hydrogen-bond donors (Lipinski definition) is 1. The number of pyridine rings is 1. The molecule has 1 aromatic carbocycles. The molecular weight excluding hydrogens is 264 g/mol. The summed E-state index contributed by atoms with van der Waals surface area (Å²) in [7, 11) is 0. The van der Waals surface area contributed by atoms with Crippen molar-refractivity contribution in [3.8, 4) is 5.69 Å². The number of aliphatic hydroxyl groups excluding tert-OH is 1. The van der Waals surface area contributed by atoms with E-state index in [0.29, 0.717) is 11.4 Å². The van der Waals surface area contributed by atoms with Crippen LogP contribution in [-0.4, -0.2) is 25.1 Å². The minimum Gasteiger partial charge on any atom is -0.380 e. The van der Waals surface area contributed by atoms with Gasteiger partial charge in [0.2, 0.25) is 0 Å². The first-order valence-corrected chi connectivity index (χ1v) is 6.74. The number of rotatable bonds is 3. The molecule has 0 fully saturated rings. The number of nitrogens with zero attached hydrogens (tertiary/aromatic N) is 4. The lowest BCUT2D eigenvalue weighted by Crippen LogP contribution is -2.11. The third-order valence-electron chi connectivity index (χ3n) is 3.37. The maximum atomic E-state index is 10.6. The molecule has 0 aliphatic carbocycles. The van der Waals surface area contributed by atoms with Crippen LogP contribution in [0.1, 0.15) is 28.6 Å². The highest BCUT2D eigenvalue weighted by Gasteiger charge is 2.20. The molecule has 0 saturated carbocycles. The standard InChI is InChI=1S/C16H16N4O/c1-11-8-12(2)15(17-9-11)16(21)14-10-18-19-20(14)13-6-4-3-5-7-13/h3-10,16,21H,1-2H3. The van der Waals surface area contributed by atoms with Gasteiger partial charge in [-0.1, -0.05) is 29.5 Å². The molecule has 1 unspecified atom stereocenters. The van der Waals surface area contributed by atoms with Crippen molar-refractivity contribution >= 4 is 0 Å². The average molecular weight is 280 g/mol. The van der Waals surface area contributed by atoms with Crippen LogP contribution in [-0.2, 0) is 0 Å². The highest BCUT2D eigenvalue weighted by atomic mass is 16.3. The Morgan fingerprint density at radius 2 is 1.86 bits per heavy atom. The van der Waals surface area contributed by atoms with Crippen LogP contribution in [0.15, 0.2) is 48.8 Å². The van der Waals surface area contributed by atoms with Crippen molar-refractivity contribution in [3.63, 3.8) is 0 Å². The molecule has 21 heavy (non-hydrogen) atoms. The van der Waals surface area contributed by atoms with Crippen LogP contribution in [0.25, 0.3) is 5.69 Å². The molecule has 2 aromatic heterocycles. The number of para-hydroxylation sites is 1. The lowest BCUT2D eigenvalue weighted by Gasteiger charge is -2.14. The van der Waals surface area contributed by atoms with E-state index in [4.69, 9.17) is 0 Å². The van der Waals surface area contributed by atoms with Gasteiger partial charge >= 0.3 is 0 Å². The van der Waals surface area contributed by atoms with Crippen molar-refractivity contribution in [1.82, 2.24) is 20.0 Å². The first kappa shape index (κ1) is 13.5. The fourth-order valence-electron chi connectivity index (χ4n) is 2.35. The molecule has 2 heterocycles. The van der Waals surface area contributed by atoms with Gasteiger partial charge in [-0.05, 0) is 37.1 Å². The van der Waals surface area contributed by atoms with E-state index in [1.165, 1.54) is 0 Å². The van der Waals surface area contributed by atoms with Gasteiger partial charge in [-0.15, -0.1) is 5.10 Å². The third-order valence-corrected chi connectivity index (χ3v) is 3.37. The zero-order valence-electron chi connectivity index (χ0n) is 11.9. The summed E-state index contributed by atoms with van der Waals surface area (Å²) >= 11 is 0. The van der Waals surface area contributed by atoms with Crippen molar-refractivity contribution < 1.29 is 5.11 Å². The van der Waals surface area contributed by atoms with Crippen molar-refractivity contribution in [1.29, 1.82) is 0 Å². The summed E-state index contributed by atoms with van der Waals surface area (Å²) in [5.74, 6) is 0. The highest BCUT2D eigenvalue weighted by molar-refractivity contribution is 5.35. The first-order valence-electron chi connectivity index (χ1n) is 6.74. The summed E-state index contributed by atoms with van der Waals surface area (Å²) in [6, 6.07) is 11.6. The first-order chi connectivity index (χ1) is 10.2. The zero-order chi connectivity index (χ0) is 14.8. The smallest absolute Gasteiger partial charge is 0.140 e. The topological polar surface area (TPSA) is 63.8 Å². The van der Waals surface area contributed by atoms with Crippen molar-refractivity contribution in [3.05, 3.63) is 71.3 Å². The number of aromatic nitrogens is 4. The third kappa shape index (κ3) is 2.55. The highest BCUT2D eigenvalue weighted by Crippen LogP contribution is 2.24. The molecule has 0 amide bonds. The van der Waals surface area contributed by atoms with Crippen LogP contribution in [0.2, 0.25) is 0 Å². The number of benzene rings is 1. The van der Waals surface area contributed by atoms with E-state index in [0.717, 1.165) is 16.8 Å². The van der Waals surface area contributed by atoms with E-state index in [1.807, 2.05) is 50.2 Å². The van der Waals surface area contributed by atoms with E-state index in [-0.39, 0.29) is 0 Å². The predicted molar refractivity (Wildman–Crippen MR) is 79.1 cm³/mol. The summed E-state index contributed by atoms with van der Waals surface area (Å²) < 4.78 is 1.63. The second kappa shape index (κ2) is 5.46. The van der Waals surface area contributed by atoms with Crippen LogP contribution in [0.3, 0.4) is 0 Å². The Hall–Kier alpha value is -2.53. The number of aliphatic hydroxyl groups is 1. The lowest BCUT2D eigenvalue weighted by atomic mass is 10.1. The van der Waals surface area contributed by atoms with Gasteiger partial charge in [-0.25, -0.2) is 4.68 Å². The molecule has 3 rings (SSSR count). The van der Waals surface area contributed by atoms with Gasteiger partial charge in [0.25, 0.3) is 0 Å². The monoisotopic (exact) mass is 280 g/mol. The van der Waals surface area contributed by atoms with Crippen molar-refractivity contribution in [2.75, 3.05) is 0 Å². The maximum absolute atomic E-state index is 10.6. The van der Waals surface area contributed by atoms with Crippen LogP contribution < -0.4 is 0 Å². The van der Waals surface area contributed by atoms with E-state index < -0.39 is 6.10 Å². The Morgan fingerprint density at radius 1 is 1.10 bits per heavy atom. The molecule has 5 heteroatoms. The minimum absolute atomic E-state index is 0.598. The normalized spacial score (nSPS) is 12.3. The molecule has 0 spiro atoms. The average Bonchev–Trinajstić information content (AvgIpc) is 2.97. The Kier molecular flexibility index (Phi) is 3.50. The van der Waals surface area contributed by atoms with Gasteiger partial charge in [0.1, 0.15) is 6.10 Å². The molecule has 3 aromatic rings. The van der Waals surface area contributed by atoms with Crippen LogP contribution in [0, 0.1) is 13.8 Å². The Bertz CT molecular complexity index is 752. The van der Waals surface area contributed by atoms with Crippen LogP contribution in [0.5, 0.6) is 0 Å². The summed E-state index contributed by atoms with van der Waals surface area (Å²) in [4.78, 5) is 4.35. The van der Waals surface area contributed by atoms with Gasteiger partial charge in [0, 0.05) is 6.20 Å². The van der Waals surface area contributed by atoms with Gasteiger partial charge in [-0.2, -0.15) is 0 Å². The predicted octanol–water partition coefficient (Wildman–Crippen LogP) is 2.36. The summed E-state index contributed by atoms with van der Waals surface area (Å²) in [5.41, 5.74) is 4.09. The summed E-state index contributed by atoms with van der Waals surface area (Å²) in [6.07, 6.45) is 2.46. The molecule has 0 bridgehead atoms. The molecule has 0 saturated heterocycles. The van der Waals surface area contributed by atoms with Crippen LogP contribution in [0.4, 0.5) is 0 Å². The fourth-order valence-corrected chi connectivity index (χ4v) is 2.35. The quantitative estimate of drug-likeness (QED) is 0.800. The van der Waals surface area contributed by atoms with Gasteiger partial charge in [-0.3, -0.25) is 4.98 Å². The van der Waals surface area contributed by atoms with E-state index >= 15 is 0 Å². The molecule has 1 N–H and O–H groups in total. The molecule has 0 aliphatic heterocycles. The van der Waals surface area contributed by atoms with E-state index in [9.17, 15) is 5.11 Å². The summed E-state index contributed by atoms with van der Waals surface area (Å²) in [5, 5.41) is 18.6. The van der Waals surface area contributed by atoms with E-state index in [2.05, 4.69) is 15.3 Å². The van der Waals surface area contributed by atoms with Crippen molar-refractivity contribution in [2.24, 2.45) is 0 Å². The minimum atomic E-state index is -0.860. The lowest BCUT2D eigenvalue weighted by molar-refractivity contribution is 0.206. The Balaban J connectivity index is 2.03. The molecule has 106 valence electrons. The molecule has 0 aliphatic rings. The molecule has 0 radical (unpaired) electrons. The van der Waals surface area contributed by atoms with Crippen LogP contribution >= 0.6 is 0 Å².